The second-order valence-electron chi connectivity index (χ2n) is 6.11. The Morgan fingerprint density at radius 1 is 1.19 bits per heavy atom. The molecule has 0 saturated heterocycles. The minimum atomic E-state index is -4.40. The van der Waals surface area contributed by atoms with Crippen LogP contribution in [0.1, 0.15) is 44.2 Å². The van der Waals surface area contributed by atoms with Crippen molar-refractivity contribution in [2.45, 2.75) is 52.0 Å². The van der Waals surface area contributed by atoms with Gasteiger partial charge < -0.3 is 10.5 Å². The Bertz CT molecular complexity index is 487. The molecule has 0 amide bonds. The van der Waals surface area contributed by atoms with Gasteiger partial charge in [0.15, 0.2) is 0 Å². The predicted octanol–water partition coefficient (Wildman–Crippen LogP) is 4.63. The lowest BCUT2D eigenvalue weighted by atomic mass is 9.80. The van der Waals surface area contributed by atoms with Crippen molar-refractivity contribution in [1.82, 2.24) is 0 Å². The normalized spacial score (nSPS) is 26.8. The Labute approximate surface area is 123 Å². The maximum Gasteiger partial charge on any atom is 0.416 e. The molecule has 0 aromatic heterocycles. The average molecular weight is 301 g/mol. The van der Waals surface area contributed by atoms with Crippen molar-refractivity contribution >= 4 is 5.69 Å². The van der Waals surface area contributed by atoms with Gasteiger partial charge in [-0.05, 0) is 48.8 Å². The number of anilines is 1. The second kappa shape index (κ2) is 6.26. The van der Waals surface area contributed by atoms with Crippen LogP contribution < -0.4 is 5.73 Å². The third-order valence-corrected chi connectivity index (χ3v) is 4.46. The molecule has 2 rings (SSSR count). The first kappa shape index (κ1) is 16.1. The van der Waals surface area contributed by atoms with Crippen LogP contribution in [-0.4, -0.2) is 6.10 Å². The second-order valence-corrected chi connectivity index (χ2v) is 6.11. The van der Waals surface area contributed by atoms with Crippen LogP contribution in [0, 0.1) is 11.8 Å². The first-order chi connectivity index (χ1) is 9.77. The van der Waals surface area contributed by atoms with Gasteiger partial charge >= 0.3 is 6.18 Å². The SMILES string of the molecule is CC1CCC(OCc2ccc(N)cc2C(F)(F)F)CC1C. The summed E-state index contributed by atoms with van der Waals surface area (Å²) in [5, 5.41) is 0. The van der Waals surface area contributed by atoms with Gasteiger partial charge in [-0.3, -0.25) is 0 Å². The molecule has 3 atom stereocenters. The van der Waals surface area contributed by atoms with Crippen molar-refractivity contribution in [3.8, 4) is 0 Å². The molecule has 0 bridgehead atoms. The molecule has 1 aliphatic carbocycles. The van der Waals surface area contributed by atoms with E-state index in [0.717, 1.165) is 25.3 Å². The van der Waals surface area contributed by atoms with Crippen LogP contribution in [0.4, 0.5) is 18.9 Å². The number of hydrogen-bond acceptors (Lipinski definition) is 2. The van der Waals surface area contributed by atoms with Crippen LogP contribution in [0.2, 0.25) is 0 Å². The Morgan fingerprint density at radius 3 is 2.52 bits per heavy atom. The van der Waals surface area contributed by atoms with E-state index in [1.807, 2.05) is 0 Å². The zero-order valence-electron chi connectivity index (χ0n) is 12.4. The Balaban J connectivity index is 2.03. The molecule has 3 unspecified atom stereocenters. The smallest absolute Gasteiger partial charge is 0.399 e. The van der Waals surface area contributed by atoms with Gasteiger partial charge in [0.1, 0.15) is 0 Å². The summed E-state index contributed by atoms with van der Waals surface area (Å²) < 4.78 is 44.7. The molecule has 5 heteroatoms. The third kappa shape index (κ3) is 4.13. The molecule has 0 spiro atoms. The summed E-state index contributed by atoms with van der Waals surface area (Å²) in [5.74, 6) is 1.21. The Morgan fingerprint density at radius 2 is 1.90 bits per heavy atom. The van der Waals surface area contributed by atoms with Gasteiger partial charge in [-0.25, -0.2) is 0 Å². The first-order valence-electron chi connectivity index (χ1n) is 7.34. The number of alkyl halides is 3. The predicted molar refractivity (Wildman–Crippen MR) is 76.6 cm³/mol. The van der Waals surface area contributed by atoms with Gasteiger partial charge in [-0.2, -0.15) is 13.2 Å². The van der Waals surface area contributed by atoms with Crippen molar-refractivity contribution in [2.75, 3.05) is 5.73 Å². The van der Waals surface area contributed by atoms with Crippen LogP contribution in [0.5, 0.6) is 0 Å². The maximum absolute atomic E-state index is 13.0. The van der Waals surface area contributed by atoms with Crippen LogP contribution in [0.25, 0.3) is 0 Å². The minimum absolute atomic E-state index is 0.0130. The van der Waals surface area contributed by atoms with Crippen molar-refractivity contribution in [3.05, 3.63) is 29.3 Å². The summed E-state index contributed by atoms with van der Waals surface area (Å²) in [6.45, 7) is 4.37. The highest BCUT2D eigenvalue weighted by Gasteiger charge is 2.34. The lowest BCUT2D eigenvalue weighted by Crippen LogP contribution is -2.26. The molecule has 1 fully saturated rings. The molecule has 0 aliphatic heterocycles. The van der Waals surface area contributed by atoms with E-state index in [1.54, 1.807) is 0 Å². The van der Waals surface area contributed by atoms with Crippen LogP contribution >= 0.6 is 0 Å². The summed E-state index contributed by atoms with van der Waals surface area (Å²) in [6.07, 6.45) is -1.45. The average Bonchev–Trinajstić information content (AvgIpc) is 2.40. The molecule has 1 aromatic rings. The van der Waals surface area contributed by atoms with Crippen LogP contribution in [0.15, 0.2) is 18.2 Å². The quantitative estimate of drug-likeness (QED) is 0.826. The Kier molecular flexibility index (Phi) is 4.81. The summed E-state index contributed by atoms with van der Waals surface area (Å²) in [7, 11) is 0. The topological polar surface area (TPSA) is 35.2 Å². The van der Waals surface area contributed by atoms with Crippen molar-refractivity contribution < 1.29 is 17.9 Å². The fraction of sp³-hybridized carbons (Fsp3) is 0.625. The number of benzene rings is 1. The maximum atomic E-state index is 13.0. The van der Waals surface area contributed by atoms with E-state index in [1.165, 1.54) is 12.1 Å². The molecule has 1 aliphatic rings. The lowest BCUT2D eigenvalue weighted by Gasteiger charge is -2.32. The molecule has 1 saturated carbocycles. The van der Waals surface area contributed by atoms with E-state index in [4.69, 9.17) is 10.5 Å². The van der Waals surface area contributed by atoms with E-state index < -0.39 is 11.7 Å². The summed E-state index contributed by atoms with van der Waals surface area (Å²) >= 11 is 0. The molecule has 0 radical (unpaired) electrons. The summed E-state index contributed by atoms with van der Waals surface area (Å²) in [6, 6.07) is 3.87. The minimum Gasteiger partial charge on any atom is -0.399 e. The van der Waals surface area contributed by atoms with Gasteiger partial charge in [-0.1, -0.05) is 19.9 Å². The molecule has 2 nitrogen and oxygen atoms in total. The van der Waals surface area contributed by atoms with E-state index in [2.05, 4.69) is 13.8 Å². The molecule has 1 aromatic carbocycles. The molecule has 21 heavy (non-hydrogen) atoms. The number of halogens is 3. The highest BCUT2D eigenvalue weighted by atomic mass is 19.4. The zero-order valence-corrected chi connectivity index (χ0v) is 12.4. The molecule has 118 valence electrons. The number of nitrogens with two attached hydrogens (primary N) is 1. The van der Waals surface area contributed by atoms with Crippen LogP contribution in [-0.2, 0) is 17.5 Å². The van der Waals surface area contributed by atoms with Gasteiger partial charge in [0, 0.05) is 5.69 Å². The van der Waals surface area contributed by atoms with Gasteiger partial charge in [0.2, 0.25) is 0 Å². The van der Waals surface area contributed by atoms with Crippen LogP contribution in [0.3, 0.4) is 0 Å². The highest BCUT2D eigenvalue weighted by molar-refractivity contribution is 5.45. The van der Waals surface area contributed by atoms with Gasteiger partial charge in [0.05, 0.1) is 18.3 Å². The number of nitrogen functional groups attached to an aromatic ring is 1. The molecule has 2 N–H and O–H groups in total. The fourth-order valence-electron chi connectivity index (χ4n) is 2.84. The summed E-state index contributed by atoms with van der Waals surface area (Å²) in [5.41, 5.74) is 5.03. The fourth-order valence-corrected chi connectivity index (χ4v) is 2.84. The number of ether oxygens (including phenoxy) is 1. The molecular weight excluding hydrogens is 279 g/mol. The van der Waals surface area contributed by atoms with E-state index >= 15 is 0 Å². The van der Waals surface area contributed by atoms with E-state index in [0.29, 0.717) is 11.8 Å². The summed E-state index contributed by atoms with van der Waals surface area (Å²) in [4.78, 5) is 0. The number of rotatable bonds is 3. The standard InChI is InChI=1S/C16H22F3NO/c1-10-3-6-14(7-11(10)2)21-9-12-4-5-13(20)8-15(12)16(17,18)19/h4-5,8,10-11,14H,3,6-7,9,20H2,1-2H3. The highest BCUT2D eigenvalue weighted by Crippen LogP contribution is 2.35. The largest absolute Gasteiger partial charge is 0.416 e. The Hall–Kier alpha value is -1.23. The molecular formula is C16H22F3NO. The van der Waals surface area contributed by atoms with Crippen molar-refractivity contribution in [2.24, 2.45) is 11.8 Å². The monoisotopic (exact) mass is 301 g/mol. The van der Waals surface area contributed by atoms with Gasteiger partial charge in [0.25, 0.3) is 0 Å². The van der Waals surface area contributed by atoms with E-state index in [9.17, 15) is 13.2 Å². The zero-order chi connectivity index (χ0) is 15.6. The number of hydrogen-bond donors (Lipinski definition) is 1. The van der Waals surface area contributed by atoms with E-state index in [-0.39, 0.29) is 24.0 Å². The molecule has 0 heterocycles. The third-order valence-electron chi connectivity index (χ3n) is 4.46. The lowest BCUT2D eigenvalue weighted by molar-refractivity contribution is -0.139. The van der Waals surface area contributed by atoms with Gasteiger partial charge in [-0.15, -0.1) is 0 Å². The van der Waals surface area contributed by atoms with Crippen molar-refractivity contribution in [1.29, 1.82) is 0 Å². The van der Waals surface area contributed by atoms with Crippen molar-refractivity contribution in [3.63, 3.8) is 0 Å². The first-order valence-corrected chi connectivity index (χ1v) is 7.34.